The Labute approximate surface area is 359 Å². The average molecular weight is 856 g/mol. The zero-order valence-electron chi connectivity index (χ0n) is 37.3. The molecule has 0 aromatic carbocycles. The Balaban J connectivity index is 2.70. The fourth-order valence-corrected chi connectivity index (χ4v) is 7.18. The van der Waals surface area contributed by atoms with E-state index in [-0.39, 0.29) is 103 Å². The van der Waals surface area contributed by atoms with E-state index in [9.17, 15) is 44.1 Å². The molecule has 0 saturated carbocycles. The highest BCUT2D eigenvalue weighted by Gasteiger charge is 2.24. The van der Waals surface area contributed by atoms with E-state index in [1.165, 1.54) is 64.2 Å². The van der Waals surface area contributed by atoms with E-state index in [1.54, 1.807) is 14.7 Å². The molecule has 1 aliphatic heterocycles. The SMILES string of the molecule is CCCCCCCCCCCCCCCC(=O)NCCCCC(NC(=O)CN1CCN(CC(=O)O)CCN(CC(=O)O)CCN(CC(=O)O)CC1)C(=O)NCCOC(C)C. The average Bonchev–Trinajstić information content (AvgIpc) is 3.17. The molecule has 1 fully saturated rings. The number of hydrogen-bond donors (Lipinski definition) is 6. The van der Waals surface area contributed by atoms with E-state index in [1.807, 2.05) is 18.7 Å². The summed E-state index contributed by atoms with van der Waals surface area (Å²) in [5, 5.41) is 37.2. The Kier molecular flexibility index (Phi) is 32.1. The van der Waals surface area contributed by atoms with Gasteiger partial charge in [-0.05, 0) is 39.5 Å². The van der Waals surface area contributed by atoms with Gasteiger partial charge in [-0.15, -0.1) is 0 Å². The molecule has 1 heterocycles. The molecule has 3 amide bonds. The minimum Gasteiger partial charge on any atom is -0.480 e. The topological polar surface area (TPSA) is 221 Å². The minimum atomic E-state index is -1.04. The van der Waals surface area contributed by atoms with Crippen LogP contribution in [0.3, 0.4) is 0 Å². The molecular weight excluding hydrogens is 775 g/mol. The molecule has 1 aliphatic rings. The van der Waals surface area contributed by atoms with Gasteiger partial charge in [0.25, 0.3) is 0 Å². The summed E-state index contributed by atoms with van der Waals surface area (Å²) in [4.78, 5) is 80.9. The second kappa shape index (κ2) is 35.2. The lowest BCUT2D eigenvalue weighted by molar-refractivity contribution is -0.140. The maximum Gasteiger partial charge on any atom is 0.317 e. The highest BCUT2D eigenvalue weighted by atomic mass is 16.5. The summed E-state index contributed by atoms with van der Waals surface area (Å²) in [6.45, 7) is 8.36. The van der Waals surface area contributed by atoms with Crippen LogP contribution in [0, 0.1) is 0 Å². The van der Waals surface area contributed by atoms with Gasteiger partial charge in [0.2, 0.25) is 17.7 Å². The molecule has 1 rings (SSSR count). The monoisotopic (exact) mass is 856 g/mol. The molecule has 17 nitrogen and oxygen atoms in total. The molecule has 0 bridgehead atoms. The van der Waals surface area contributed by atoms with Crippen molar-refractivity contribution in [3.8, 4) is 0 Å². The summed E-state index contributed by atoms with van der Waals surface area (Å²) in [5.74, 6) is -3.84. The van der Waals surface area contributed by atoms with E-state index >= 15 is 0 Å². The minimum absolute atomic E-state index is 0.00123. The largest absolute Gasteiger partial charge is 0.480 e. The molecule has 1 saturated heterocycles. The molecule has 17 heteroatoms. The van der Waals surface area contributed by atoms with Crippen LogP contribution in [0.1, 0.15) is 130 Å². The van der Waals surface area contributed by atoms with Crippen LogP contribution in [0.25, 0.3) is 0 Å². The van der Waals surface area contributed by atoms with E-state index in [0.717, 1.165) is 19.3 Å². The predicted octanol–water partition coefficient (Wildman–Crippen LogP) is 3.26. The van der Waals surface area contributed by atoms with Gasteiger partial charge < -0.3 is 36.0 Å². The van der Waals surface area contributed by atoms with Gasteiger partial charge in [0, 0.05) is 71.9 Å². The van der Waals surface area contributed by atoms with E-state index < -0.39 is 29.9 Å². The number of aliphatic carboxylic acids is 3. The van der Waals surface area contributed by atoms with Crippen molar-refractivity contribution in [3.05, 3.63) is 0 Å². The number of carboxylic acid groups (broad SMARTS) is 3. The van der Waals surface area contributed by atoms with Crippen molar-refractivity contribution < 1.29 is 48.8 Å². The molecule has 1 unspecified atom stereocenters. The van der Waals surface area contributed by atoms with Crippen LogP contribution in [0.4, 0.5) is 0 Å². The van der Waals surface area contributed by atoms with Crippen molar-refractivity contribution in [2.45, 2.75) is 142 Å². The first-order valence-corrected chi connectivity index (χ1v) is 22.8. The number of nitrogens with one attached hydrogen (secondary N) is 3. The fourth-order valence-electron chi connectivity index (χ4n) is 7.18. The Morgan fingerprint density at radius 1 is 0.517 bits per heavy atom. The summed E-state index contributed by atoms with van der Waals surface area (Å²) in [5.41, 5.74) is 0. The van der Waals surface area contributed by atoms with Crippen LogP contribution in [0.5, 0.6) is 0 Å². The quantitative estimate of drug-likeness (QED) is 0.0522. The predicted molar refractivity (Wildman–Crippen MR) is 232 cm³/mol. The molecule has 1 atom stereocenters. The zero-order valence-corrected chi connectivity index (χ0v) is 37.3. The standard InChI is InChI=1S/C43H81N7O10/c1-4-5-6-7-8-9-10-11-12-13-14-15-16-20-38(51)44-21-18-17-19-37(43(59)45-22-31-60-36(2)3)46-39(52)32-47-23-25-48(33-40(53)54)27-29-50(35-42(57)58)30-28-49(26-24-47)34-41(55)56/h36-37H,4-35H2,1-3H3,(H,44,51)(H,45,59)(H,46,52)(H,53,54)(H,55,56)(H,57,58). The number of carbonyl (C=O) groups is 6. The summed E-state index contributed by atoms with van der Waals surface area (Å²) >= 11 is 0. The van der Waals surface area contributed by atoms with Crippen LogP contribution in [0.2, 0.25) is 0 Å². The summed E-state index contributed by atoms with van der Waals surface area (Å²) < 4.78 is 5.55. The molecule has 60 heavy (non-hydrogen) atoms. The normalized spacial score (nSPS) is 15.8. The molecule has 348 valence electrons. The van der Waals surface area contributed by atoms with Gasteiger partial charge >= 0.3 is 17.9 Å². The van der Waals surface area contributed by atoms with Gasteiger partial charge in [0.05, 0.1) is 38.9 Å². The Morgan fingerprint density at radius 3 is 1.35 bits per heavy atom. The number of ether oxygens (including phenoxy) is 1. The fraction of sp³-hybridized carbons (Fsp3) is 0.860. The Hall–Kier alpha value is -3.38. The third kappa shape index (κ3) is 31.5. The van der Waals surface area contributed by atoms with Crippen molar-refractivity contribution in [3.63, 3.8) is 0 Å². The first-order chi connectivity index (χ1) is 28.8. The number of amides is 3. The number of nitrogens with zero attached hydrogens (tertiary/aromatic N) is 4. The zero-order chi connectivity index (χ0) is 44.4. The number of carbonyl (C=O) groups excluding carboxylic acids is 3. The number of carboxylic acids is 3. The Bertz CT molecular complexity index is 1180. The molecular formula is C43H81N7O10. The lowest BCUT2D eigenvalue weighted by Gasteiger charge is -2.33. The summed E-state index contributed by atoms with van der Waals surface area (Å²) in [7, 11) is 0. The van der Waals surface area contributed by atoms with Crippen LogP contribution in [-0.2, 0) is 33.5 Å². The lowest BCUT2D eigenvalue weighted by Crippen LogP contribution is -2.52. The maximum atomic E-state index is 13.5. The van der Waals surface area contributed by atoms with Gasteiger partial charge in [0.1, 0.15) is 6.04 Å². The highest BCUT2D eigenvalue weighted by Crippen LogP contribution is 2.13. The van der Waals surface area contributed by atoms with Gasteiger partial charge in [-0.1, -0.05) is 84.0 Å². The van der Waals surface area contributed by atoms with Crippen molar-refractivity contribution in [1.29, 1.82) is 0 Å². The molecule has 0 spiro atoms. The van der Waals surface area contributed by atoms with Gasteiger partial charge in [0.15, 0.2) is 0 Å². The number of hydrogen-bond acceptors (Lipinski definition) is 11. The number of unbranched alkanes of at least 4 members (excludes halogenated alkanes) is 13. The second-order valence-electron chi connectivity index (χ2n) is 16.5. The molecule has 0 aliphatic carbocycles. The first-order valence-electron chi connectivity index (χ1n) is 22.8. The van der Waals surface area contributed by atoms with Crippen LogP contribution >= 0.6 is 0 Å². The summed E-state index contributed by atoms with van der Waals surface area (Å²) in [6, 6.07) is -0.835. The van der Waals surface area contributed by atoms with Gasteiger partial charge in [-0.3, -0.25) is 48.4 Å². The van der Waals surface area contributed by atoms with Crippen molar-refractivity contribution in [2.75, 3.05) is 98.2 Å². The molecule has 0 aromatic heterocycles. The van der Waals surface area contributed by atoms with E-state index in [4.69, 9.17) is 4.74 Å². The smallest absolute Gasteiger partial charge is 0.317 e. The van der Waals surface area contributed by atoms with E-state index in [0.29, 0.717) is 38.8 Å². The third-order valence-corrected chi connectivity index (χ3v) is 10.6. The van der Waals surface area contributed by atoms with Crippen molar-refractivity contribution in [1.82, 2.24) is 35.6 Å². The lowest BCUT2D eigenvalue weighted by atomic mass is 10.0. The van der Waals surface area contributed by atoms with E-state index in [2.05, 4.69) is 22.9 Å². The summed E-state index contributed by atoms with van der Waals surface area (Å²) in [6.07, 6.45) is 18.3. The van der Waals surface area contributed by atoms with Crippen LogP contribution in [-0.4, -0.2) is 181 Å². The van der Waals surface area contributed by atoms with Crippen molar-refractivity contribution >= 4 is 35.6 Å². The second-order valence-corrected chi connectivity index (χ2v) is 16.5. The first kappa shape index (κ1) is 54.6. The van der Waals surface area contributed by atoms with Crippen LogP contribution < -0.4 is 16.0 Å². The maximum absolute atomic E-state index is 13.5. The third-order valence-electron chi connectivity index (χ3n) is 10.6. The molecule has 0 aromatic rings. The number of rotatable bonds is 33. The van der Waals surface area contributed by atoms with Gasteiger partial charge in [-0.2, -0.15) is 0 Å². The van der Waals surface area contributed by atoms with Crippen molar-refractivity contribution in [2.24, 2.45) is 0 Å². The Morgan fingerprint density at radius 2 is 0.933 bits per heavy atom. The molecule has 6 N–H and O–H groups in total. The highest BCUT2D eigenvalue weighted by molar-refractivity contribution is 5.88. The molecule has 0 radical (unpaired) electrons. The van der Waals surface area contributed by atoms with Crippen LogP contribution in [0.15, 0.2) is 0 Å². The van der Waals surface area contributed by atoms with Gasteiger partial charge in [-0.25, -0.2) is 0 Å².